The van der Waals surface area contributed by atoms with E-state index >= 15 is 0 Å². The highest BCUT2D eigenvalue weighted by Crippen LogP contribution is 2.07. The van der Waals surface area contributed by atoms with Crippen molar-refractivity contribution >= 4 is 11.6 Å². The summed E-state index contributed by atoms with van der Waals surface area (Å²) in [5.74, 6) is 0. The van der Waals surface area contributed by atoms with Crippen LogP contribution < -0.4 is 5.56 Å². The molecule has 3 nitrogen and oxygen atoms in total. The maximum atomic E-state index is 11.5. The Hall–Kier alpha value is -0.830. The van der Waals surface area contributed by atoms with Gasteiger partial charge in [0, 0.05) is 18.9 Å². The van der Waals surface area contributed by atoms with Crippen LogP contribution in [0.15, 0.2) is 17.2 Å². The van der Waals surface area contributed by atoms with Crippen LogP contribution in [0, 0.1) is 0 Å². The number of halogens is 1. The molecule has 0 aromatic carbocycles. The minimum Gasteiger partial charge on any atom is -0.311 e. The molecule has 0 radical (unpaired) electrons. The standard InChI is InChI=1S/C13H21ClN2O/c1-2-3-4-5-6-7-8-10-16-11-9-15-12(14)13(16)17/h9,11H,2-8,10H2,1H3. The average Bonchev–Trinajstić information content (AvgIpc) is 2.33. The van der Waals surface area contributed by atoms with Crippen LogP contribution in [-0.4, -0.2) is 9.55 Å². The lowest BCUT2D eigenvalue weighted by atomic mass is 10.1. The molecule has 0 aliphatic rings. The second-order valence-electron chi connectivity index (χ2n) is 4.34. The molecule has 17 heavy (non-hydrogen) atoms. The quantitative estimate of drug-likeness (QED) is 0.666. The van der Waals surface area contributed by atoms with E-state index in [9.17, 15) is 4.79 Å². The molecule has 0 bridgehead atoms. The SMILES string of the molecule is CCCCCCCCCn1ccnc(Cl)c1=O. The zero-order valence-corrected chi connectivity index (χ0v) is 11.2. The van der Waals surface area contributed by atoms with E-state index in [1.54, 1.807) is 17.0 Å². The van der Waals surface area contributed by atoms with Crippen molar-refractivity contribution in [3.8, 4) is 0 Å². The molecular weight excluding hydrogens is 236 g/mol. The fraction of sp³-hybridized carbons (Fsp3) is 0.692. The Balaban J connectivity index is 2.18. The third-order valence-corrected chi connectivity index (χ3v) is 3.13. The highest BCUT2D eigenvalue weighted by Gasteiger charge is 2.00. The van der Waals surface area contributed by atoms with Crippen LogP contribution >= 0.6 is 11.6 Å². The Morgan fingerprint density at radius 1 is 1.18 bits per heavy atom. The van der Waals surface area contributed by atoms with Gasteiger partial charge in [-0.1, -0.05) is 57.0 Å². The molecule has 1 aromatic rings. The first-order chi connectivity index (χ1) is 8.25. The normalized spacial score (nSPS) is 10.7. The van der Waals surface area contributed by atoms with Crippen molar-refractivity contribution in [3.05, 3.63) is 27.9 Å². The van der Waals surface area contributed by atoms with Gasteiger partial charge in [-0.05, 0) is 6.42 Å². The summed E-state index contributed by atoms with van der Waals surface area (Å²) in [4.78, 5) is 15.3. The summed E-state index contributed by atoms with van der Waals surface area (Å²) in [7, 11) is 0. The maximum absolute atomic E-state index is 11.5. The van der Waals surface area contributed by atoms with E-state index in [1.165, 1.54) is 38.5 Å². The Kier molecular flexibility index (Phi) is 6.94. The van der Waals surface area contributed by atoms with E-state index in [0.717, 1.165) is 13.0 Å². The maximum Gasteiger partial charge on any atom is 0.288 e. The van der Waals surface area contributed by atoms with Crippen LogP contribution in [0.4, 0.5) is 0 Å². The fourth-order valence-electron chi connectivity index (χ4n) is 1.84. The van der Waals surface area contributed by atoms with E-state index in [2.05, 4.69) is 11.9 Å². The number of aryl methyl sites for hydroxylation is 1. The largest absolute Gasteiger partial charge is 0.311 e. The number of rotatable bonds is 8. The molecule has 0 aliphatic heterocycles. The van der Waals surface area contributed by atoms with Gasteiger partial charge in [0.1, 0.15) is 0 Å². The molecule has 4 heteroatoms. The third-order valence-electron chi connectivity index (χ3n) is 2.87. The highest BCUT2D eigenvalue weighted by atomic mass is 35.5. The lowest BCUT2D eigenvalue weighted by Gasteiger charge is -2.05. The summed E-state index contributed by atoms with van der Waals surface area (Å²) in [6.45, 7) is 2.97. The minimum absolute atomic E-state index is 0.0652. The Labute approximate surface area is 108 Å². The van der Waals surface area contributed by atoms with Gasteiger partial charge in [-0.15, -0.1) is 0 Å². The summed E-state index contributed by atoms with van der Waals surface area (Å²) >= 11 is 5.67. The van der Waals surface area contributed by atoms with Crippen molar-refractivity contribution in [2.24, 2.45) is 0 Å². The first kappa shape index (κ1) is 14.2. The fourth-order valence-corrected chi connectivity index (χ4v) is 2.00. The average molecular weight is 257 g/mol. The molecule has 0 unspecified atom stereocenters. The Bertz CT molecular complexity index is 376. The zero-order valence-electron chi connectivity index (χ0n) is 10.5. The van der Waals surface area contributed by atoms with Gasteiger partial charge in [0.25, 0.3) is 5.56 Å². The predicted octanol–water partition coefficient (Wildman–Crippen LogP) is 3.65. The van der Waals surface area contributed by atoms with Crippen molar-refractivity contribution in [2.45, 2.75) is 58.4 Å². The van der Waals surface area contributed by atoms with Gasteiger partial charge in [0.2, 0.25) is 0 Å². The van der Waals surface area contributed by atoms with Crippen molar-refractivity contribution in [2.75, 3.05) is 0 Å². The molecule has 0 aliphatic carbocycles. The minimum atomic E-state index is -0.180. The van der Waals surface area contributed by atoms with Crippen molar-refractivity contribution in [1.29, 1.82) is 0 Å². The molecule has 0 N–H and O–H groups in total. The second-order valence-corrected chi connectivity index (χ2v) is 4.70. The molecule has 0 saturated carbocycles. The zero-order chi connectivity index (χ0) is 12.5. The number of hydrogen-bond donors (Lipinski definition) is 0. The summed E-state index contributed by atoms with van der Waals surface area (Å²) in [5.41, 5.74) is -0.180. The topological polar surface area (TPSA) is 34.9 Å². The van der Waals surface area contributed by atoms with Gasteiger partial charge in [0.05, 0.1) is 0 Å². The van der Waals surface area contributed by atoms with Crippen molar-refractivity contribution in [1.82, 2.24) is 9.55 Å². The third kappa shape index (κ3) is 5.35. The molecule has 0 saturated heterocycles. The van der Waals surface area contributed by atoms with Crippen LogP contribution in [0.5, 0.6) is 0 Å². The monoisotopic (exact) mass is 256 g/mol. The van der Waals surface area contributed by atoms with E-state index in [4.69, 9.17) is 11.6 Å². The number of unbranched alkanes of at least 4 members (excludes halogenated alkanes) is 6. The summed E-state index contributed by atoms with van der Waals surface area (Å²) in [6, 6.07) is 0. The number of hydrogen-bond acceptors (Lipinski definition) is 2. The molecule has 0 atom stereocenters. The van der Waals surface area contributed by atoms with Gasteiger partial charge in [0.15, 0.2) is 5.15 Å². The van der Waals surface area contributed by atoms with Gasteiger partial charge in [-0.25, -0.2) is 4.98 Å². The number of aromatic nitrogens is 2. The summed E-state index contributed by atoms with van der Waals surface area (Å²) in [5, 5.41) is 0.0652. The van der Waals surface area contributed by atoms with Gasteiger partial charge < -0.3 is 4.57 Å². The van der Waals surface area contributed by atoms with E-state index < -0.39 is 0 Å². The van der Waals surface area contributed by atoms with Crippen LogP contribution in [-0.2, 0) is 6.54 Å². The van der Waals surface area contributed by atoms with Crippen LogP contribution in [0.3, 0.4) is 0 Å². The summed E-state index contributed by atoms with van der Waals surface area (Å²) in [6.07, 6.45) is 12.0. The summed E-state index contributed by atoms with van der Waals surface area (Å²) < 4.78 is 1.64. The Morgan fingerprint density at radius 2 is 1.82 bits per heavy atom. The number of nitrogens with zero attached hydrogens (tertiary/aromatic N) is 2. The molecule has 1 rings (SSSR count). The van der Waals surface area contributed by atoms with Crippen molar-refractivity contribution < 1.29 is 0 Å². The second kappa shape index (κ2) is 8.29. The van der Waals surface area contributed by atoms with E-state index in [1.807, 2.05) is 0 Å². The molecule has 0 fully saturated rings. The van der Waals surface area contributed by atoms with Crippen LogP contribution in [0.2, 0.25) is 5.15 Å². The lowest BCUT2D eigenvalue weighted by Crippen LogP contribution is -2.20. The smallest absolute Gasteiger partial charge is 0.288 e. The van der Waals surface area contributed by atoms with Crippen molar-refractivity contribution in [3.63, 3.8) is 0 Å². The lowest BCUT2D eigenvalue weighted by molar-refractivity contribution is 0.541. The molecule has 1 aromatic heterocycles. The van der Waals surface area contributed by atoms with Gasteiger partial charge in [-0.3, -0.25) is 4.79 Å². The molecular formula is C13H21ClN2O. The van der Waals surface area contributed by atoms with Crippen LogP contribution in [0.25, 0.3) is 0 Å². The Morgan fingerprint density at radius 3 is 2.53 bits per heavy atom. The predicted molar refractivity (Wildman–Crippen MR) is 71.5 cm³/mol. The van der Waals surface area contributed by atoms with Gasteiger partial charge in [-0.2, -0.15) is 0 Å². The molecule has 0 amide bonds. The first-order valence-electron chi connectivity index (χ1n) is 6.46. The molecule has 96 valence electrons. The molecule has 0 spiro atoms. The first-order valence-corrected chi connectivity index (χ1v) is 6.84. The molecule has 1 heterocycles. The van der Waals surface area contributed by atoms with E-state index in [0.29, 0.717) is 0 Å². The van der Waals surface area contributed by atoms with E-state index in [-0.39, 0.29) is 10.7 Å². The van der Waals surface area contributed by atoms with Crippen LogP contribution in [0.1, 0.15) is 51.9 Å². The highest BCUT2D eigenvalue weighted by molar-refractivity contribution is 6.29. The van der Waals surface area contributed by atoms with Gasteiger partial charge >= 0.3 is 0 Å².